The smallest absolute Gasteiger partial charge is 0.313 e. The van der Waals surface area contributed by atoms with Gasteiger partial charge in [-0.25, -0.2) is 0 Å². The lowest BCUT2D eigenvalue weighted by Gasteiger charge is -2.30. The Morgan fingerprint density at radius 1 is 0.341 bits per heavy atom. The third-order valence-electron chi connectivity index (χ3n) is 5.41. The topological polar surface area (TPSA) is 128 Å². The molecule has 0 aliphatic heterocycles. The summed E-state index contributed by atoms with van der Waals surface area (Å²) in [4.78, 5) is 8.98. The first kappa shape index (κ1) is 53.3. The van der Waals surface area contributed by atoms with E-state index in [0.717, 1.165) is 0 Å². The van der Waals surface area contributed by atoms with Crippen LogP contribution in [0.4, 0.5) is 4.79 Å². The monoisotopic (exact) mass is 690 g/mol. The number of carbonyl (C=O) groups is 1. The first-order valence-electron chi connectivity index (χ1n) is 13.2. The number of rotatable bonds is 24. The zero-order chi connectivity index (χ0) is 34.0. The Bertz CT molecular complexity index is 416. The van der Waals surface area contributed by atoms with Crippen molar-refractivity contribution in [1.29, 1.82) is 0 Å². The van der Waals surface area contributed by atoms with E-state index in [-0.39, 0.29) is 23.7 Å². The van der Waals surface area contributed by atoms with Gasteiger partial charge < -0.3 is 56.8 Å². The third-order valence-corrected chi connectivity index (χ3v) is 5.41. The van der Waals surface area contributed by atoms with E-state index in [4.69, 9.17) is 61.6 Å². The highest BCUT2D eigenvalue weighted by atomic mass is 35.5. The zero-order valence-electron chi connectivity index (χ0n) is 28.5. The van der Waals surface area contributed by atoms with E-state index >= 15 is 0 Å². The molecule has 0 aromatic heterocycles. The second-order valence-corrected chi connectivity index (χ2v) is 10.8. The van der Waals surface area contributed by atoms with E-state index in [2.05, 4.69) is 23.2 Å². The van der Waals surface area contributed by atoms with Gasteiger partial charge in [-0.1, -0.05) is 7.43 Å². The third kappa shape index (κ3) is 30.4. The van der Waals surface area contributed by atoms with Gasteiger partial charge in [-0.3, -0.25) is 4.79 Å². The molecule has 15 heteroatoms. The molecule has 13 nitrogen and oxygen atoms in total. The van der Waals surface area contributed by atoms with Gasteiger partial charge in [0, 0.05) is 85.3 Å². The second kappa shape index (κ2) is 37.2. The number of hydrogen-bond donors (Lipinski definition) is 0. The molecule has 0 unspecified atom stereocenters. The quantitative estimate of drug-likeness (QED) is 0.136. The van der Waals surface area contributed by atoms with Crippen molar-refractivity contribution in [1.82, 2.24) is 0 Å². The number of halogens is 2. The Labute approximate surface area is 277 Å². The van der Waals surface area contributed by atoms with Crippen LogP contribution in [0, 0.1) is 16.2 Å². The van der Waals surface area contributed by atoms with Gasteiger partial charge in [0.25, 0.3) is 0 Å². The predicted octanol–water partition coefficient (Wildman–Crippen LogP) is 3.90. The summed E-state index contributed by atoms with van der Waals surface area (Å²) >= 11 is 8.80. The number of ether oxygens (including phenoxy) is 12. The van der Waals surface area contributed by atoms with Crippen LogP contribution in [0.2, 0.25) is 0 Å². The van der Waals surface area contributed by atoms with Gasteiger partial charge in [0.1, 0.15) is 0 Å². The molecule has 0 amide bonds. The van der Waals surface area contributed by atoms with E-state index < -0.39 is 4.70 Å². The van der Waals surface area contributed by atoms with Crippen LogP contribution in [0.1, 0.15) is 7.43 Å². The van der Waals surface area contributed by atoms with Gasteiger partial charge in [0.15, 0.2) is 0 Å². The minimum atomic E-state index is -0.889. The Morgan fingerprint density at radius 3 is 0.455 bits per heavy atom. The molecule has 0 heterocycles. The normalized spacial score (nSPS) is 11.2. The molecule has 0 saturated heterocycles. The van der Waals surface area contributed by atoms with Crippen molar-refractivity contribution in [3.8, 4) is 0 Å². The van der Waals surface area contributed by atoms with Gasteiger partial charge in [-0.05, 0) is 23.2 Å². The molecule has 0 rings (SSSR count). The van der Waals surface area contributed by atoms with E-state index in [1.807, 2.05) is 0 Å². The van der Waals surface area contributed by atoms with E-state index in [1.165, 1.54) is 0 Å². The van der Waals surface area contributed by atoms with Crippen molar-refractivity contribution >= 4 is 27.9 Å². The SMILES string of the molecule is C.COCC(COC)(COC)COC.COCC(COC)(COC)COC.COCC(COC)(COC)COC.O=C(Cl)Cl. The van der Waals surface area contributed by atoms with Crippen molar-refractivity contribution in [3.63, 3.8) is 0 Å². The van der Waals surface area contributed by atoms with Crippen molar-refractivity contribution in [2.75, 3.05) is 165 Å². The van der Waals surface area contributed by atoms with Crippen LogP contribution in [0.3, 0.4) is 0 Å². The first-order valence-corrected chi connectivity index (χ1v) is 13.9. The predicted molar refractivity (Wildman–Crippen MR) is 174 cm³/mol. The Kier molecular flexibility index (Phi) is 45.1. The van der Waals surface area contributed by atoms with Crippen LogP contribution in [-0.2, 0) is 56.8 Å². The lowest BCUT2D eigenvalue weighted by molar-refractivity contribution is -0.0761. The van der Waals surface area contributed by atoms with Crippen LogP contribution < -0.4 is 0 Å². The average Bonchev–Trinajstić information content (AvgIpc) is 2.91. The molecule has 0 saturated carbocycles. The average molecular weight is 692 g/mol. The summed E-state index contributed by atoms with van der Waals surface area (Å²) in [6, 6.07) is 0. The van der Waals surface area contributed by atoms with Gasteiger partial charge in [-0.2, -0.15) is 0 Å². The zero-order valence-corrected chi connectivity index (χ0v) is 30.1. The van der Waals surface area contributed by atoms with Crippen LogP contribution >= 0.6 is 23.2 Å². The highest BCUT2D eigenvalue weighted by molar-refractivity contribution is 6.93. The molecule has 0 aromatic carbocycles. The second-order valence-electron chi connectivity index (χ2n) is 9.92. The molecule has 272 valence electrons. The summed E-state index contributed by atoms with van der Waals surface area (Å²) in [6.07, 6.45) is 0. The van der Waals surface area contributed by atoms with E-state index in [9.17, 15) is 0 Å². The largest absolute Gasteiger partial charge is 0.384 e. The molecule has 0 radical (unpaired) electrons. The van der Waals surface area contributed by atoms with Crippen molar-refractivity contribution in [2.45, 2.75) is 7.43 Å². The first-order chi connectivity index (χ1) is 20.5. The lowest BCUT2D eigenvalue weighted by atomic mass is 9.92. The van der Waals surface area contributed by atoms with Crippen LogP contribution in [0.15, 0.2) is 0 Å². The minimum absolute atomic E-state index is 0. The highest BCUT2D eigenvalue weighted by Crippen LogP contribution is 2.20. The Hall–Kier alpha value is -0.230. The van der Waals surface area contributed by atoms with Crippen LogP contribution in [0.5, 0.6) is 0 Å². The van der Waals surface area contributed by atoms with E-state index in [0.29, 0.717) is 79.3 Å². The standard InChI is InChI=1S/3C9H20O4.CCl2O.CH4/c3*1-10-5-9(6-11-2,7-12-3)8-13-4;2-1(3)4;/h3*5-8H2,1-4H3;;1H4. The fourth-order valence-electron chi connectivity index (χ4n) is 4.42. The summed E-state index contributed by atoms with van der Waals surface area (Å²) < 4.78 is 60.6. The molecule has 0 spiro atoms. The van der Waals surface area contributed by atoms with Gasteiger partial charge >= 0.3 is 4.70 Å². The van der Waals surface area contributed by atoms with Crippen molar-refractivity contribution in [3.05, 3.63) is 0 Å². The fraction of sp³-hybridized carbons (Fsp3) is 0.966. The van der Waals surface area contributed by atoms with Crippen molar-refractivity contribution in [2.24, 2.45) is 16.2 Å². The Balaban J connectivity index is -0.000000161. The van der Waals surface area contributed by atoms with Gasteiger partial charge in [0.2, 0.25) is 0 Å². The molecule has 0 aliphatic carbocycles. The molecule has 44 heavy (non-hydrogen) atoms. The van der Waals surface area contributed by atoms with Gasteiger partial charge in [-0.15, -0.1) is 0 Å². The van der Waals surface area contributed by atoms with Crippen LogP contribution in [0.25, 0.3) is 0 Å². The molecular formula is C29H64Cl2O13. The minimum Gasteiger partial charge on any atom is -0.384 e. The summed E-state index contributed by atoms with van der Waals surface area (Å²) in [5, 5.41) is 0. The maximum absolute atomic E-state index is 8.98. The lowest BCUT2D eigenvalue weighted by Crippen LogP contribution is -2.40. The van der Waals surface area contributed by atoms with Gasteiger partial charge in [0.05, 0.1) is 95.5 Å². The molecule has 0 atom stereocenters. The maximum atomic E-state index is 8.98. The summed E-state index contributed by atoms with van der Waals surface area (Å²) in [5.74, 6) is 0. The molecule has 0 fully saturated rings. The molecule has 0 bridgehead atoms. The number of hydrogen-bond acceptors (Lipinski definition) is 13. The summed E-state index contributed by atoms with van der Waals surface area (Å²) in [5.41, 5.74) is -0.562. The van der Waals surface area contributed by atoms with Crippen LogP contribution in [-0.4, -0.2) is 169 Å². The Morgan fingerprint density at radius 2 is 0.409 bits per heavy atom. The highest BCUT2D eigenvalue weighted by Gasteiger charge is 2.32. The fourth-order valence-corrected chi connectivity index (χ4v) is 4.42. The number of methoxy groups -OCH3 is 12. The van der Waals surface area contributed by atoms with E-state index in [1.54, 1.807) is 85.3 Å². The molecular weight excluding hydrogens is 627 g/mol. The number of carbonyl (C=O) groups excluding carboxylic acids is 1. The molecule has 0 N–H and O–H groups in total. The molecule has 0 aromatic rings. The summed E-state index contributed by atoms with van der Waals surface area (Å²) in [6.45, 7) is 6.86. The summed E-state index contributed by atoms with van der Waals surface area (Å²) in [7, 11) is 19.9. The molecule has 0 aliphatic rings. The van der Waals surface area contributed by atoms with Crippen molar-refractivity contribution < 1.29 is 61.6 Å². The maximum Gasteiger partial charge on any atom is 0.313 e.